The highest BCUT2D eigenvalue weighted by Crippen LogP contribution is 2.31. The van der Waals surface area contributed by atoms with E-state index in [9.17, 15) is 18.0 Å². The number of carbonyl (C=O) groups is 2. The summed E-state index contributed by atoms with van der Waals surface area (Å²) < 4.78 is 30.7. The van der Waals surface area contributed by atoms with Crippen LogP contribution in [-0.2, 0) is 19.4 Å². The first-order chi connectivity index (χ1) is 12.4. The molecule has 0 radical (unpaired) electrons. The second kappa shape index (κ2) is 7.12. The van der Waals surface area contributed by atoms with Gasteiger partial charge in [0.25, 0.3) is 5.91 Å². The SMILES string of the molecule is CC(CC(=O)Nc1ccccn1)S(=O)(=O)c1ccc2c(c1)OCC(=O)N2. The Morgan fingerprint density at radius 2 is 2.15 bits per heavy atom. The fraction of sp³-hybridized carbons (Fsp3) is 0.235. The van der Waals surface area contributed by atoms with Crippen molar-refractivity contribution in [3.05, 3.63) is 42.6 Å². The van der Waals surface area contributed by atoms with Crippen molar-refractivity contribution in [1.82, 2.24) is 4.98 Å². The van der Waals surface area contributed by atoms with Gasteiger partial charge in [-0.1, -0.05) is 6.07 Å². The molecule has 26 heavy (non-hydrogen) atoms. The molecule has 1 unspecified atom stereocenters. The molecule has 8 nitrogen and oxygen atoms in total. The zero-order valence-corrected chi connectivity index (χ0v) is 14.7. The maximum atomic E-state index is 12.7. The van der Waals surface area contributed by atoms with Gasteiger partial charge in [-0.25, -0.2) is 13.4 Å². The fourth-order valence-corrected chi connectivity index (χ4v) is 3.83. The number of hydrogen-bond donors (Lipinski definition) is 2. The second-order valence-corrected chi connectivity index (χ2v) is 8.18. The molecule has 0 spiro atoms. The number of ether oxygens (including phenoxy) is 1. The number of carbonyl (C=O) groups excluding carboxylic acids is 2. The summed E-state index contributed by atoms with van der Waals surface area (Å²) in [5.74, 6) is -0.0928. The largest absolute Gasteiger partial charge is 0.482 e. The van der Waals surface area contributed by atoms with E-state index in [4.69, 9.17) is 4.74 Å². The molecule has 1 aromatic carbocycles. The van der Waals surface area contributed by atoms with Crippen molar-refractivity contribution in [3.63, 3.8) is 0 Å². The van der Waals surface area contributed by atoms with Crippen molar-refractivity contribution >= 4 is 33.2 Å². The van der Waals surface area contributed by atoms with Crippen LogP contribution < -0.4 is 15.4 Å². The lowest BCUT2D eigenvalue weighted by Gasteiger charge is -2.19. The van der Waals surface area contributed by atoms with Gasteiger partial charge in [0, 0.05) is 18.7 Å². The number of nitrogens with zero attached hydrogens (tertiary/aromatic N) is 1. The molecule has 0 aliphatic carbocycles. The summed E-state index contributed by atoms with van der Waals surface area (Å²) in [4.78, 5) is 27.4. The van der Waals surface area contributed by atoms with E-state index in [0.29, 0.717) is 11.5 Å². The molecular weight excluding hydrogens is 358 g/mol. The average Bonchev–Trinajstić information content (AvgIpc) is 2.61. The smallest absolute Gasteiger partial charge is 0.262 e. The van der Waals surface area contributed by atoms with Crippen LogP contribution in [0.5, 0.6) is 5.75 Å². The molecule has 2 aromatic rings. The van der Waals surface area contributed by atoms with E-state index in [0.717, 1.165) is 0 Å². The maximum absolute atomic E-state index is 12.7. The van der Waals surface area contributed by atoms with Gasteiger partial charge in [0.2, 0.25) is 5.91 Å². The van der Waals surface area contributed by atoms with Crippen LogP contribution in [-0.4, -0.2) is 37.1 Å². The lowest BCUT2D eigenvalue weighted by atomic mass is 10.2. The first-order valence-corrected chi connectivity index (χ1v) is 9.42. The number of rotatable bonds is 5. The van der Waals surface area contributed by atoms with E-state index in [1.54, 1.807) is 18.2 Å². The molecule has 0 saturated carbocycles. The normalized spacial score (nSPS) is 14.6. The zero-order valence-electron chi connectivity index (χ0n) is 13.9. The summed E-state index contributed by atoms with van der Waals surface area (Å²) in [7, 11) is -3.75. The molecule has 0 saturated heterocycles. The Bertz CT molecular complexity index is 944. The summed E-state index contributed by atoms with van der Waals surface area (Å²) in [6.07, 6.45) is 1.31. The number of aromatic nitrogens is 1. The minimum Gasteiger partial charge on any atom is -0.482 e. The van der Waals surface area contributed by atoms with Crippen molar-refractivity contribution in [3.8, 4) is 5.75 Å². The molecule has 0 bridgehead atoms. The molecule has 1 aliphatic heterocycles. The third kappa shape index (κ3) is 3.83. The molecule has 1 aliphatic rings. The quantitative estimate of drug-likeness (QED) is 0.820. The number of nitrogens with one attached hydrogen (secondary N) is 2. The minimum absolute atomic E-state index is 0.0329. The third-order valence-electron chi connectivity index (χ3n) is 3.85. The lowest BCUT2D eigenvalue weighted by Crippen LogP contribution is -2.27. The lowest BCUT2D eigenvalue weighted by molar-refractivity contribution is -0.118. The molecule has 2 amide bonds. The molecular formula is C17H17N3O5S. The second-order valence-electron chi connectivity index (χ2n) is 5.82. The summed E-state index contributed by atoms with van der Waals surface area (Å²) >= 11 is 0. The minimum atomic E-state index is -3.75. The Hall–Kier alpha value is -2.94. The van der Waals surface area contributed by atoms with E-state index in [1.165, 1.54) is 31.3 Å². The van der Waals surface area contributed by atoms with E-state index in [2.05, 4.69) is 15.6 Å². The topological polar surface area (TPSA) is 114 Å². The number of fused-ring (bicyclic) bond motifs is 1. The van der Waals surface area contributed by atoms with Crippen LogP contribution in [0.4, 0.5) is 11.5 Å². The maximum Gasteiger partial charge on any atom is 0.262 e. The molecule has 1 atom stereocenters. The first kappa shape index (κ1) is 17.9. The first-order valence-electron chi connectivity index (χ1n) is 7.88. The van der Waals surface area contributed by atoms with Gasteiger partial charge in [0.15, 0.2) is 16.4 Å². The van der Waals surface area contributed by atoms with Crippen LogP contribution in [0.2, 0.25) is 0 Å². The van der Waals surface area contributed by atoms with Crippen LogP contribution in [0, 0.1) is 0 Å². The van der Waals surface area contributed by atoms with Gasteiger partial charge in [-0.05, 0) is 31.2 Å². The Balaban J connectivity index is 1.73. The van der Waals surface area contributed by atoms with Crippen LogP contribution in [0.1, 0.15) is 13.3 Å². The average molecular weight is 375 g/mol. The highest BCUT2D eigenvalue weighted by molar-refractivity contribution is 7.92. The zero-order chi connectivity index (χ0) is 18.7. The number of benzene rings is 1. The Labute approximate surface area is 150 Å². The number of sulfone groups is 1. The van der Waals surface area contributed by atoms with E-state index >= 15 is 0 Å². The molecule has 2 heterocycles. The predicted octanol–water partition coefficient (Wildman–Crippen LogP) is 1.60. The van der Waals surface area contributed by atoms with Crippen LogP contribution in [0.3, 0.4) is 0 Å². The monoisotopic (exact) mass is 375 g/mol. The van der Waals surface area contributed by atoms with E-state index < -0.39 is 21.0 Å². The fourth-order valence-electron chi connectivity index (χ4n) is 2.47. The summed E-state index contributed by atoms with van der Waals surface area (Å²) in [5.41, 5.74) is 0.417. The standard InChI is InChI=1S/C17H17N3O5S/c1-11(8-16(21)20-15-4-2-3-7-18-15)26(23,24)12-5-6-13-14(9-12)25-10-17(22)19-13/h2-7,9,11H,8,10H2,1H3,(H,19,22)(H,18,20,21). The van der Waals surface area contributed by atoms with Gasteiger partial charge in [-0.3, -0.25) is 9.59 Å². The van der Waals surface area contributed by atoms with E-state index in [-0.39, 0.29) is 29.6 Å². The molecule has 1 aromatic heterocycles. The van der Waals surface area contributed by atoms with Crippen molar-refractivity contribution in [1.29, 1.82) is 0 Å². The Morgan fingerprint density at radius 3 is 2.88 bits per heavy atom. The number of hydrogen-bond acceptors (Lipinski definition) is 6. The third-order valence-corrected chi connectivity index (χ3v) is 5.99. The van der Waals surface area contributed by atoms with Gasteiger partial charge >= 0.3 is 0 Å². The van der Waals surface area contributed by atoms with Gasteiger partial charge in [-0.2, -0.15) is 0 Å². The van der Waals surface area contributed by atoms with Crippen LogP contribution in [0.15, 0.2) is 47.5 Å². The molecule has 3 rings (SSSR count). The number of pyridine rings is 1. The van der Waals surface area contributed by atoms with Crippen molar-refractivity contribution < 1.29 is 22.7 Å². The summed E-state index contributed by atoms with van der Waals surface area (Å²) in [6.45, 7) is 1.30. The highest BCUT2D eigenvalue weighted by atomic mass is 32.2. The van der Waals surface area contributed by atoms with Gasteiger partial charge in [-0.15, -0.1) is 0 Å². The number of amides is 2. The molecule has 2 N–H and O–H groups in total. The molecule has 9 heteroatoms. The van der Waals surface area contributed by atoms with Crippen LogP contribution >= 0.6 is 0 Å². The van der Waals surface area contributed by atoms with Crippen molar-refractivity contribution in [2.75, 3.05) is 17.2 Å². The van der Waals surface area contributed by atoms with Crippen molar-refractivity contribution in [2.45, 2.75) is 23.5 Å². The Morgan fingerprint density at radius 1 is 1.35 bits per heavy atom. The van der Waals surface area contributed by atoms with Gasteiger partial charge in [0.1, 0.15) is 11.6 Å². The van der Waals surface area contributed by atoms with Gasteiger partial charge < -0.3 is 15.4 Å². The van der Waals surface area contributed by atoms with Crippen LogP contribution in [0.25, 0.3) is 0 Å². The molecule has 0 fully saturated rings. The summed E-state index contributed by atoms with van der Waals surface area (Å²) in [6, 6.07) is 9.26. The Kier molecular flexibility index (Phi) is 4.90. The summed E-state index contributed by atoms with van der Waals surface area (Å²) in [5, 5.41) is 4.22. The number of anilines is 2. The van der Waals surface area contributed by atoms with E-state index in [1.807, 2.05) is 0 Å². The van der Waals surface area contributed by atoms with Gasteiger partial charge in [0.05, 0.1) is 15.8 Å². The predicted molar refractivity (Wildman–Crippen MR) is 94.7 cm³/mol. The molecule has 136 valence electrons. The highest BCUT2D eigenvalue weighted by Gasteiger charge is 2.28. The van der Waals surface area contributed by atoms with Crippen molar-refractivity contribution in [2.24, 2.45) is 0 Å².